The van der Waals surface area contributed by atoms with Gasteiger partial charge in [-0.1, -0.05) is 24.4 Å². The SMILES string of the molecule is Fc1cnc(-c2cn(S)c3ncc(Cl)cc23)nc1NC1CNC1. The Balaban J connectivity index is 1.81. The zero-order chi connectivity index (χ0) is 16.0. The van der Waals surface area contributed by atoms with Gasteiger partial charge in [-0.3, -0.25) is 3.97 Å². The maximum atomic E-state index is 13.9. The van der Waals surface area contributed by atoms with Crippen molar-refractivity contribution in [3.63, 3.8) is 0 Å². The first kappa shape index (κ1) is 14.7. The van der Waals surface area contributed by atoms with Gasteiger partial charge in [-0.2, -0.15) is 0 Å². The van der Waals surface area contributed by atoms with Crippen molar-refractivity contribution in [1.82, 2.24) is 24.2 Å². The van der Waals surface area contributed by atoms with Gasteiger partial charge >= 0.3 is 0 Å². The predicted octanol–water partition coefficient (Wildman–Crippen LogP) is 2.36. The lowest BCUT2D eigenvalue weighted by molar-refractivity contribution is 0.467. The average Bonchev–Trinajstić information content (AvgIpc) is 2.81. The third-order valence-corrected chi connectivity index (χ3v) is 4.21. The summed E-state index contributed by atoms with van der Waals surface area (Å²) in [6.07, 6.45) is 4.44. The maximum Gasteiger partial charge on any atom is 0.183 e. The fourth-order valence-electron chi connectivity index (χ4n) is 2.43. The maximum absolute atomic E-state index is 13.9. The van der Waals surface area contributed by atoms with Crippen molar-refractivity contribution in [2.75, 3.05) is 18.4 Å². The third kappa shape index (κ3) is 2.62. The van der Waals surface area contributed by atoms with Crippen LogP contribution in [0.4, 0.5) is 10.2 Å². The van der Waals surface area contributed by atoms with E-state index < -0.39 is 5.82 Å². The van der Waals surface area contributed by atoms with Crippen LogP contribution in [-0.2, 0) is 0 Å². The lowest BCUT2D eigenvalue weighted by atomic mass is 10.2. The van der Waals surface area contributed by atoms with Gasteiger partial charge in [0.25, 0.3) is 0 Å². The molecule has 0 aromatic carbocycles. The number of nitrogens with zero attached hydrogens (tertiary/aromatic N) is 4. The normalized spacial score (nSPS) is 14.9. The molecule has 1 aliphatic rings. The zero-order valence-corrected chi connectivity index (χ0v) is 13.4. The van der Waals surface area contributed by atoms with Gasteiger partial charge in [0.15, 0.2) is 23.1 Å². The zero-order valence-electron chi connectivity index (χ0n) is 11.8. The van der Waals surface area contributed by atoms with Gasteiger partial charge in [-0.15, -0.1) is 0 Å². The highest BCUT2D eigenvalue weighted by atomic mass is 35.5. The molecule has 0 amide bonds. The molecule has 4 heterocycles. The summed E-state index contributed by atoms with van der Waals surface area (Å²) >= 11 is 10.4. The lowest BCUT2D eigenvalue weighted by Gasteiger charge is -2.28. The second-order valence-corrected chi connectivity index (χ2v) is 6.17. The van der Waals surface area contributed by atoms with Crippen molar-refractivity contribution in [1.29, 1.82) is 0 Å². The van der Waals surface area contributed by atoms with Crippen LogP contribution in [0, 0.1) is 5.82 Å². The Morgan fingerprint density at radius 3 is 2.91 bits per heavy atom. The van der Waals surface area contributed by atoms with Crippen LogP contribution in [0.15, 0.2) is 24.7 Å². The van der Waals surface area contributed by atoms with Gasteiger partial charge in [-0.05, 0) is 6.07 Å². The molecule has 3 aromatic heterocycles. The molecule has 6 nitrogen and oxygen atoms in total. The summed E-state index contributed by atoms with van der Waals surface area (Å²) in [5, 5.41) is 7.44. The number of nitrogens with one attached hydrogen (secondary N) is 2. The summed E-state index contributed by atoms with van der Waals surface area (Å²) in [5.74, 6) is 0.103. The van der Waals surface area contributed by atoms with Gasteiger partial charge in [0.05, 0.1) is 17.3 Å². The largest absolute Gasteiger partial charge is 0.362 e. The van der Waals surface area contributed by atoms with Crippen molar-refractivity contribution >= 4 is 41.3 Å². The van der Waals surface area contributed by atoms with Gasteiger partial charge < -0.3 is 10.6 Å². The van der Waals surface area contributed by atoms with Crippen LogP contribution in [0.25, 0.3) is 22.4 Å². The van der Waals surface area contributed by atoms with Crippen molar-refractivity contribution < 1.29 is 4.39 Å². The molecular weight excluding hydrogens is 339 g/mol. The summed E-state index contributed by atoms with van der Waals surface area (Å²) in [5.41, 5.74) is 1.33. The number of pyridine rings is 1. The first-order valence-corrected chi connectivity index (χ1v) is 7.75. The summed E-state index contributed by atoms with van der Waals surface area (Å²) in [4.78, 5) is 12.6. The molecule has 0 spiro atoms. The minimum atomic E-state index is -0.480. The first-order valence-electron chi connectivity index (χ1n) is 6.98. The van der Waals surface area contributed by atoms with Gasteiger partial charge in [0.2, 0.25) is 0 Å². The highest BCUT2D eigenvalue weighted by Gasteiger charge is 2.20. The fourth-order valence-corrected chi connectivity index (χ4v) is 2.86. The molecule has 9 heteroatoms. The number of halogens is 2. The Labute approximate surface area is 141 Å². The molecule has 23 heavy (non-hydrogen) atoms. The van der Waals surface area contributed by atoms with E-state index in [-0.39, 0.29) is 11.9 Å². The Kier molecular flexibility index (Phi) is 3.59. The molecule has 0 unspecified atom stereocenters. The van der Waals surface area contributed by atoms with Crippen LogP contribution in [0.2, 0.25) is 5.02 Å². The van der Waals surface area contributed by atoms with Crippen LogP contribution in [0.1, 0.15) is 0 Å². The van der Waals surface area contributed by atoms with Gasteiger partial charge in [0, 0.05) is 36.4 Å². The minimum absolute atomic E-state index is 0.176. The average molecular weight is 351 g/mol. The van der Waals surface area contributed by atoms with Crippen molar-refractivity contribution in [2.24, 2.45) is 0 Å². The van der Waals surface area contributed by atoms with Crippen LogP contribution in [0.3, 0.4) is 0 Å². The van der Waals surface area contributed by atoms with E-state index in [0.717, 1.165) is 24.7 Å². The lowest BCUT2D eigenvalue weighted by Crippen LogP contribution is -2.51. The van der Waals surface area contributed by atoms with Gasteiger partial charge in [-0.25, -0.2) is 19.3 Å². The second-order valence-electron chi connectivity index (χ2n) is 5.30. The van der Waals surface area contributed by atoms with E-state index in [9.17, 15) is 4.39 Å². The standard InChI is InChI=1S/C14H12ClFN6S/c15-7-1-9-10(6-22(23)14(9)19-2-7)12-18-5-11(16)13(21-12)20-8-3-17-4-8/h1-2,5-6,8,17,23H,3-4H2,(H,18,20,21). The second kappa shape index (κ2) is 5.63. The molecule has 1 saturated heterocycles. The Hall–Kier alpha value is -1.90. The minimum Gasteiger partial charge on any atom is -0.362 e. The van der Waals surface area contributed by atoms with Crippen molar-refractivity contribution in [2.45, 2.75) is 6.04 Å². The number of hydrogen-bond acceptors (Lipinski definition) is 6. The Bertz CT molecular complexity index is 894. The van der Waals surface area contributed by atoms with E-state index in [2.05, 4.69) is 38.4 Å². The van der Waals surface area contributed by atoms with Crippen LogP contribution < -0.4 is 10.6 Å². The molecular formula is C14H12ClFN6S. The Morgan fingerprint density at radius 2 is 2.17 bits per heavy atom. The van der Waals surface area contributed by atoms with Crippen LogP contribution in [-0.4, -0.2) is 38.1 Å². The summed E-state index contributed by atoms with van der Waals surface area (Å²) < 4.78 is 15.5. The highest BCUT2D eigenvalue weighted by Crippen LogP contribution is 2.30. The molecule has 0 radical (unpaired) electrons. The van der Waals surface area contributed by atoms with Crippen molar-refractivity contribution in [3.8, 4) is 11.4 Å². The molecule has 0 atom stereocenters. The highest BCUT2D eigenvalue weighted by molar-refractivity contribution is 7.78. The topological polar surface area (TPSA) is 67.7 Å². The summed E-state index contributed by atoms with van der Waals surface area (Å²) in [7, 11) is 0. The summed E-state index contributed by atoms with van der Waals surface area (Å²) in [6, 6.07) is 1.94. The van der Waals surface area contributed by atoms with E-state index in [0.29, 0.717) is 22.1 Å². The molecule has 1 fully saturated rings. The van der Waals surface area contributed by atoms with Crippen LogP contribution >= 0.6 is 24.4 Å². The third-order valence-electron chi connectivity index (χ3n) is 3.70. The van der Waals surface area contributed by atoms with Crippen molar-refractivity contribution in [3.05, 3.63) is 35.5 Å². The molecule has 3 aromatic rings. The summed E-state index contributed by atoms with van der Waals surface area (Å²) in [6.45, 7) is 1.57. The number of anilines is 1. The number of thiol groups is 1. The quantitative estimate of drug-likeness (QED) is 0.633. The number of hydrogen-bond donors (Lipinski definition) is 3. The van der Waals surface area contributed by atoms with E-state index in [1.165, 1.54) is 0 Å². The van der Waals surface area contributed by atoms with Gasteiger partial charge in [0.1, 0.15) is 0 Å². The predicted molar refractivity (Wildman–Crippen MR) is 90.4 cm³/mol. The molecule has 1 aliphatic heterocycles. The van der Waals surface area contributed by atoms with E-state index >= 15 is 0 Å². The molecule has 4 rings (SSSR count). The fraction of sp³-hybridized carbons (Fsp3) is 0.214. The number of fused-ring (bicyclic) bond motifs is 1. The Morgan fingerprint density at radius 1 is 1.35 bits per heavy atom. The smallest absolute Gasteiger partial charge is 0.183 e. The first-order chi connectivity index (χ1) is 11.1. The molecule has 2 N–H and O–H groups in total. The van der Waals surface area contributed by atoms with E-state index in [4.69, 9.17) is 11.6 Å². The number of aromatic nitrogens is 4. The monoisotopic (exact) mass is 350 g/mol. The number of rotatable bonds is 3. The molecule has 0 bridgehead atoms. The molecule has 0 saturated carbocycles. The molecule has 118 valence electrons. The molecule has 0 aliphatic carbocycles. The van der Waals surface area contributed by atoms with E-state index in [1.807, 2.05) is 0 Å². The van der Waals surface area contributed by atoms with Crippen LogP contribution in [0.5, 0.6) is 0 Å². The van der Waals surface area contributed by atoms with E-state index in [1.54, 1.807) is 22.4 Å².